The van der Waals surface area contributed by atoms with Crippen LogP contribution in [0.4, 0.5) is 17.1 Å². The van der Waals surface area contributed by atoms with Crippen LogP contribution in [0.5, 0.6) is 0 Å². The second-order valence-corrected chi connectivity index (χ2v) is 12.7. The van der Waals surface area contributed by atoms with E-state index in [2.05, 4.69) is 40.4 Å². The maximum Gasteiger partial charge on any atom is 0.338 e. The van der Waals surface area contributed by atoms with E-state index in [1.54, 1.807) is 19.1 Å². The lowest BCUT2D eigenvalue weighted by Crippen LogP contribution is -2.35. The highest BCUT2D eigenvalue weighted by Crippen LogP contribution is 2.46. The van der Waals surface area contributed by atoms with Crippen LogP contribution in [0.3, 0.4) is 0 Å². The van der Waals surface area contributed by atoms with Crippen molar-refractivity contribution in [2.24, 2.45) is 5.92 Å². The van der Waals surface area contributed by atoms with Gasteiger partial charge in [-0.1, -0.05) is 36.4 Å². The second-order valence-electron chi connectivity index (χ2n) is 12.7. The molecule has 2 fully saturated rings. The van der Waals surface area contributed by atoms with E-state index in [1.165, 1.54) is 5.56 Å². The molecule has 0 bridgehead atoms. The Morgan fingerprint density at radius 2 is 1.71 bits per heavy atom. The third-order valence-corrected chi connectivity index (χ3v) is 9.55. The Bertz CT molecular complexity index is 1670. The Morgan fingerprint density at radius 1 is 0.933 bits per heavy atom. The molecule has 45 heavy (non-hydrogen) atoms. The van der Waals surface area contributed by atoms with Gasteiger partial charge in [0.05, 0.1) is 29.1 Å². The van der Waals surface area contributed by atoms with E-state index in [0.29, 0.717) is 35.7 Å². The fourth-order valence-corrected chi connectivity index (χ4v) is 7.02. The minimum absolute atomic E-state index is 0.192. The predicted octanol–water partition coefficient (Wildman–Crippen LogP) is 5.97. The zero-order chi connectivity index (χ0) is 31.1. The number of likely N-dealkylation sites (tertiary alicyclic amines) is 1. The number of hydrogen-bond donors (Lipinski definition) is 1. The number of rotatable bonds is 8. The van der Waals surface area contributed by atoms with Gasteiger partial charge in [0.25, 0.3) is 5.91 Å². The molecular weight excluding hydrogens is 564 g/mol. The summed E-state index contributed by atoms with van der Waals surface area (Å²) in [6.45, 7) is 4.88. The smallest absolute Gasteiger partial charge is 0.338 e. The summed E-state index contributed by atoms with van der Waals surface area (Å²) in [5, 5.41) is 3.02. The van der Waals surface area contributed by atoms with E-state index < -0.39 is 5.97 Å². The van der Waals surface area contributed by atoms with Gasteiger partial charge in [0, 0.05) is 35.9 Å². The summed E-state index contributed by atoms with van der Waals surface area (Å²) in [6, 6.07) is 22.0. The fraction of sp³-hybridized carbons (Fsp3) is 0.378. The number of carbonyl (C=O) groups excluding carboxylic acids is 3. The molecule has 4 aliphatic rings. The predicted molar refractivity (Wildman–Crippen MR) is 177 cm³/mol. The third kappa shape index (κ3) is 5.75. The summed E-state index contributed by atoms with van der Waals surface area (Å²) >= 11 is 0. The van der Waals surface area contributed by atoms with Gasteiger partial charge < -0.3 is 24.8 Å². The highest BCUT2D eigenvalue weighted by Gasteiger charge is 2.38. The van der Waals surface area contributed by atoms with Crippen LogP contribution in [0.2, 0.25) is 0 Å². The quantitative estimate of drug-likeness (QED) is 0.252. The van der Waals surface area contributed by atoms with Gasteiger partial charge >= 0.3 is 5.97 Å². The maximum atomic E-state index is 13.8. The van der Waals surface area contributed by atoms with Gasteiger partial charge in [-0.15, -0.1) is 0 Å². The Kier molecular flexibility index (Phi) is 7.92. The van der Waals surface area contributed by atoms with Crippen molar-refractivity contribution < 1.29 is 19.1 Å². The Morgan fingerprint density at radius 3 is 2.44 bits per heavy atom. The molecular formula is C37H40N4O4. The standard InChI is InChI=1S/C37H40N4O4/c1-3-45-37(44)27-9-13-30-31(23-27)38-36(43)34(30)35(25-7-5-4-6-8-25)41(28-10-11-28)29-12-14-32-26(22-29)17-20-40(32)33(42)21-24-15-18-39(2)19-16-24/h4-9,12-14,22-24,28H,3,10-11,15-21H2,1-2H3,(H,38,43). The van der Waals surface area contributed by atoms with Gasteiger partial charge in [-0.05, 0) is 107 Å². The zero-order valence-corrected chi connectivity index (χ0v) is 26.1. The number of ether oxygens (including phenoxy) is 1. The van der Waals surface area contributed by atoms with Crippen LogP contribution in [-0.2, 0) is 20.7 Å². The molecule has 0 radical (unpaired) electrons. The molecule has 0 unspecified atom stereocenters. The van der Waals surface area contributed by atoms with Crippen LogP contribution < -0.4 is 15.1 Å². The number of benzene rings is 3. The first-order valence-electron chi connectivity index (χ1n) is 16.2. The molecule has 3 heterocycles. The molecule has 232 valence electrons. The first kappa shape index (κ1) is 29.3. The molecule has 1 aliphatic carbocycles. The van der Waals surface area contributed by atoms with Crippen molar-refractivity contribution in [1.29, 1.82) is 0 Å². The van der Waals surface area contributed by atoms with Gasteiger partial charge in [0.1, 0.15) is 0 Å². The number of anilines is 3. The number of amides is 2. The summed E-state index contributed by atoms with van der Waals surface area (Å²) in [5.74, 6) is 0.0779. The van der Waals surface area contributed by atoms with Crippen LogP contribution in [0, 0.1) is 5.92 Å². The lowest BCUT2D eigenvalue weighted by Gasteiger charge is -2.31. The number of piperidine rings is 1. The van der Waals surface area contributed by atoms with Crippen molar-refractivity contribution in [1.82, 2.24) is 4.90 Å². The molecule has 3 aromatic carbocycles. The highest BCUT2D eigenvalue weighted by atomic mass is 16.5. The lowest BCUT2D eigenvalue weighted by atomic mass is 9.93. The first-order valence-corrected chi connectivity index (χ1v) is 16.2. The minimum Gasteiger partial charge on any atom is -0.462 e. The van der Waals surface area contributed by atoms with Crippen molar-refractivity contribution in [3.05, 3.63) is 89.0 Å². The van der Waals surface area contributed by atoms with Crippen molar-refractivity contribution in [3.63, 3.8) is 0 Å². The molecule has 1 saturated heterocycles. The normalized spacial score (nSPS) is 19.2. The molecule has 8 nitrogen and oxygen atoms in total. The van der Waals surface area contributed by atoms with Crippen LogP contribution in [0.1, 0.15) is 66.1 Å². The average molecular weight is 605 g/mol. The molecule has 0 spiro atoms. The number of nitrogens with zero attached hydrogens (tertiary/aromatic N) is 3. The second kappa shape index (κ2) is 12.2. The van der Waals surface area contributed by atoms with E-state index in [0.717, 1.165) is 73.4 Å². The van der Waals surface area contributed by atoms with E-state index in [-0.39, 0.29) is 24.5 Å². The van der Waals surface area contributed by atoms with Gasteiger partial charge in [-0.3, -0.25) is 9.59 Å². The summed E-state index contributed by atoms with van der Waals surface area (Å²) in [4.78, 5) is 46.3. The van der Waals surface area contributed by atoms with E-state index in [1.807, 2.05) is 41.3 Å². The van der Waals surface area contributed by atoms with Gasteiger partial charge in [-0.2, -0.15) is 0 Å². The van der Waals surface area contributed by atoms with E-state index in [4.69, 9.17) is 4.74 Å². The molecule has 0 aromatic heterocycles. The Balaban J connectivity index is 1.25. The number of fused-ring (bicyclic) bond motifs is 2. The van der Waals surface area contributed by atoms with Crippen LogP contribution in [0.25, 0.3) is 11.3 Å². The van der Waals surface area contributed by atoms with Crippen LogP contribution >= 0.6 is 0 Å². The minimum atomic E-state index is -0.410. The average Bonchev–Trinajstić information content (AvgIpc) is 3.71. The Hall–Kier alpha value is -4.43. The third-order valence-electron chi connectivity index (χ3n) is 9.55. The zero-order valence-electron chi connectivity index (χ0n) is 26.1. The molecule has 0 atom stereocenters. The van der Waals surface area contributed by atoms with Gasteiger partial charge in [0.15, 0.2) is 0 Å². The number of carbonyl (C=O) groups is 3. The van der Waals surface area contributed by atoms with Gasteiger partial charge in [0.2, 0.25) is 5.91 Å². The van der Waals surface area contributed by atoms with Crippen LogP contribution in [0.15, 0.2) is 66.7 Å². The summed E-state index contributed by atoms with van der Waals surface area (Å²) in [7, 11) is 2.15. The summed E-state index contributed by atoms with van der Waals surface area (Å²) in [5.41, 5.74) is 7.39. The number of hydrogen-bond acceptors (Lipinski definition) is 6. The topological polar surface area (TPSA) is 82.2 Å². The molecule has 1 N–H and O–H groups in total. The molecule has 8 heteroatoms. The monoisotopic (exact) mass is 604 g/mol. The number of nitrogens with one attached hydrogen (secondary N) is 1. The molecule has 3 aliphatic heterocycles. The SMILES string of the molecule is CCOC(=O)c1ccc2c(c1)NC(=O)C2=C(c1ccccc1)N(c1ccc2c(c1)CCN2C(=O)CC1CCN(C)CC1)C1CC1. The molecule has 7 rings (SSSR count). The van der Waals surface area contributed by atoms with E-state index in [9.17, 15) is 14.4 Å². The first-order chi connectivity index (χ1) is 21.9. The van der Waals surface area contributed by atoms with Crippen molar-refractivity contribution in [2.75, 3.05) is 48.4 Å². The van der Waals surface area contributed by atoms with Crippen molar-refractivity contribution in [3.8, 4) is 0 Å². The summed E-state index contributed by atoms with van der Waals surface area (Å²) in [6.07, 6.45) is 5.64. The largest absolute Gasteiger partial charge is 0.462 e. The lowest BCUT2D eigenvalue weighted by molar-refractivity contribution is -0.119. The van der Waals surface area contributed by atoms with Crippen LogP contribution in [-0.4, -0.2) is 62.0 Å². The molecule has 3 aromatic rings. The fourth-order valence-electron chi connectivity index (χ4n) is 7.02. The molecule has 1 saturated carbocycles. The molecule has 2 amide bonds. The maximum absolute atomic E-state index is 13.8. The van der Waals surface area contributed by atoms with Gasteiger partial charge in [-0.25, -0.2) is 4.79 Å². The highest BCUT2D eigenvalue weighted by molar-refractivity contribution is 6.38. The van der Waals surface area contributed by atoms with Crippen molar-refractivity contribution in [2.45, 2.75) is 51.5 Å². The Labute approximate surface area is 264 Å². The van der Waals surface area contributed by atoms with E-state index >= 15 is 0 Å². The van der Waals surface area contributed by atoms with Crippen molar-refractivity contribution >= 4 is 46.1 Å². The summed E-state index contributed by atoms with van der Waals surface area (Å²) < 4.78 is 5.20. The number of esters is 1.